The quantitative estimate of drug-likeness (QED) is 0.358. The summed E-state index contributed by atoms with van der Waals surface area (Å²) in [7, 11) is -4.50. The second-order valence-electron chi connectivity index (χ2n) is 6.23. The van der Waals surface area contributed by atoms with Gasteiger partial charge < -0.3 is 20.5 Å². The van der Waals surface area contributed by atoms with Gasteiger partial charge in [-0.05, 0) is 60.8 Å². The lowest BCUT2D eigenvalue weighted by atomic mass is 10.1. The number of fused-ring (bicyclic) bond motifs is 1. The van der Waals surface area contributed by atoms with E-state index in [9.17, 15) is 27.7 Å². The lowest BCUT2D eigenvalue weighted by molar-refractivity contribution is 0.0526. The van der Waals surface area contributed by atoms with E-state index in [2.05, 4.69) is 10.6 Å². The fourth-order valence-electron chi connectivity index (χ4n) is 2.75. The molecule has 0 bridgehead atoms. The van der Waals surface area contributed by atoms with Gasteiger partial charge in [0.25, 0.3) is 10.1 Å². The second kappa shape index (κ2) is 8.39. The summed E-state index contributed by atoms with van der Waals surface area (Å²) in [5, 5.41) is 15.8. The SMILES string of the molecule is CCOC(=O)c1ccc(NC(=O)Nc2ccc3c(O)cc(S(=O)(=O)O)cc3c2)cc1. The number of nitrogens with one attached hydrogen (secondary N) is 2. The number of aromatic hydroxyl groups is 1. The molecule has 0 aliphatic heterocycles. The molecule has 3 rings (SSSR count). The zero-order valence-electron chi connectivity index (χ0n) is 15.7. The Morgan fingerprint density at radius 1 is 0.967 bits per heavy atom. The van der Waals surface area contributed by atoms with Crippen LogP contribution in [0.4, 0.5) is 16.2 Å². The van der Waals surface area contributed by atoms with Crippen LogP contribution in [0, 0.1) is 0 Å². The van der Waals surface area contributed by atoms with Gasteiger partial charge in [-0.25, -0.2) is 9.59 Å². The Kier molecular flexibility index (Phi) is 5.90. The first kappa shape index (κ1) is 21.1. The summed E-state index contributed by atoms with van der Waals surface area (Å²) in [4.78, 5) is 23.4. The smallest absolute Gasteiger partial charge is 0.338 e. The molecule has 2 amide bonds. The molecule has 3 aromatic rings. The Hall–Kier alpha value is -3.63. The van der Waals surface area contributed by atoms with Gasteiger partial charge in [0.05, 0.1) is 17.1 Å². The van der Waals surface area contributed by atoms with Crippen LogP contribution in [0.5, 0.6) is 5.75 Å². The van der Waals surface area contributed by atoms with E-state index in [4.69, 9.17) is 4.74 Å². The topological polar surface area (TPSA) is 142 Å². The van der Waals surface area contributed by atoms with E-state index < -0.39 is 27.0 Å². The summed E-state index contributed by atoms with van der Waals surface area (Å²) in [6.45, 7) is 1.96. The summed E-state index contributed by atoms with van der Waals surface area (Å²) < 4.78 is 36.7. The Bertz CT molecular complexity index is 1220. The van der Waals surface area contributed by atoms with Crippen molar-refractivity contribution < 1.29 is 32.4 Å². The predicted octanol–water partition coefficient (Wildman–Crippen LogP) is 3.61. The minimum absolute atomic E-state index is 0.260. The van der Waals surface area contributed by atoms with Crippen molar-refractivity contribution in [2.75, 3.05) is 17.2 Å². The third-order valence-electron chi connectivity index (χ3n) is 4.11. The van der Waals surface area contributed by atoms with Crippen molar-refractivity contribution in [2.45, 2.75) is 11.8 Å². The van der Waals surface area contributed by atoms with Gasteiger partial charge in [0, 0.05) is 22.8 Å². The number of carbonyl (C=O) groups is 2. The van der Waals surface area contributed by atoms with Crippen LogP contribution in [0.25, 0.3) is 10.8 Å². The maximum Gasteiger partial charge on any atom is 0.338 e. The van der Waals surface area contributed by atoms with Crippen LogP contribution in [0.3, 0.4) is 0 Å². The molecule has 0 aliphatic rings. The molecule has 3 aromatic carbocycles. The molecule has 0 atom stereocenters. The normalized spacial score (nSPS) is 11.1. The van der Waals surface area contributed by atoms with Gasteiger partial charge in [-0.15, -0.1) is 0 Å². The number of hydrogen-bond acceptors (Lipinski definition) is 6. The maximum atomic E-state index is 12.2. The Morgan fingerprint density at radius 2 is 1.60 bits per heavy atom. The fourth-order valence-corrected chi connectivity index (χ4v) is 3.28. The standard InChI is InChI=1S/C20H18N2O7S/c1-2-29-19(24)12-3-5-14(6-4-12)21-20(25)22-15-7-8-17-13(9-15)10-16(11-18(17)23)30(26,27)28/h3-11,23H,2H2,1H3,(H2,21,22,25)(H,26,27,28). The molecule has 4 N–H and O–H groups in total. The van der Waals surface area contributed by atoms with Gasteiger partial charge in [-0.1, -0.05) is 0 Å². The van der Waals surface area contributed by atoms with Crippen LogP contribution in [0.15, 0.2) is 59.5 Å². The molecule has 0 aromatic heterocycles. The van der Waals surface area contributed by atoms with E-state index in [-0.39, 0.29) is 12.4 Å². The fraction of sp³-hybridized carbons (Fsp3) is 0.100. The maximum absolute atomic E-state index is 12.2. The van der Waals surface area contributed by atoms with Crippen LogP contribution in [-0.4, -0.2) is 36.7 Å². The third-order valence-corrected chi connectivity index (χ3v) is 4.95. The molecule has 0 unspecified atom stereocenters. The zero-order valence-corrected chi connectivity index (χ0v) is 16.6. The molecule has 0 saturated heterocycles. The molecule has 156 valence electrons. The van der Waals surface area contributed by atoms with E-state index in [1.165, 1.54) is 36.4 Å². The molecule has 0 fully saturated rings. The van der Waals surface area contributed by atoms with Crippen LogP contribution < -0.4 is 10.6 Å². The van der Waals surface area contributed by atoms with Gasteiger partial charge in [-0.3, -0.25) is 4.55 Å². The highest BCUT2D eigenvalue weighted by Gasteiger charge is 2.14. The molecule has 10 heteroatoms. The molecule has 0 radical (unpaired) electrons. The minimum Gasteiger partial charge on any atom is -0.507 e. The molecule has 0 heterocycles. The monoisotopic (exact) mass is 430 g/mol. The molecule has 0 spiro atoms. The van der Waals surface area contributed by atoms with Crippen molar-refractivity contribution in [3.8, 4) is 5.75 Å². The first-order valence-electron chi connectivity index (χ1n) is 8.77. The third kappa shape index (κ3) is 4.85. The summed E-state index contributed by atoms with van der Waals surface area (Å²) in [5.74, 6) is -0.782. The number of hydrogen-bond donors (Lipinski definition) is 4. The molecular weight excluding hydrogens is 412 g/mol. The van der Waals surface area contributed by atoms with Crippen molar-refractivity contribution in [3.05, 3.63) is 60.2 Å². The highest BCUT2D eigenvalue weighted by atomic mass is 32.2. The van der Waals surface area contributed by atoms with Crippen molar-refractivity contribution in [1.29, 1.82) is 0 Å². The van der Waals surface area contributed by atoms with Crippen molar-refractivity contribution in [2.24, 2.45) is 0 Å². The van der Waals surface area contributed by atoms with Crippen LogP contribution in [0.1, 0.15) is 17.3 Å². The second-order valence-corrected chi connectivity index (χ2v) is 7.65. The number of carbonyl (C=O) groups excluding carboxylic acids is 2. The first-order chi connectivity index (χ1) is 14.2. The van der Waals surface area contributed by atoms with Gasteiger partial charge in [0.1, 0.15) is 5.75 Å². The summed E-state index contributed by atoms with van der Waals surface area (Å²) in [5.41, 5.74) is 1.12. The number of esters is 1. The summed E-state index contributed by atoms with van der Waals surface area (Å²) in [6, 6.07) is 12.2. The van der Waals surface area contributed by atoms with Gasteiger partial charge in [0.2, 0.25) is 0 Å². The summed E-state index contributed by atoms with van der Waals surface area (Å²) >= 11 is 0. The Labute approximate surface area is 172 Å². The van der Waals surface area contributed by atoms with E-state index in [1.807, 2.05) is 0 Å². The van der Waals surface area contributed by atoms with Gasteiger partial charge in [0.15, 0.2) is 0 Å². The number of benzene rings is 3. The average Bonchev–Trinajstić information content (AvgIpc) is 2.67. The van der Waals surface area contributed by atoms with E-state index in [0.717, 1.165) is 6.07 Å². The average molecular weight is 430 g/mol. The van der Waals surface area contributed by atoms with Crippen LogP contribution >= 0.6 is 0 Å². The number of anilines is 2. The minimum atomic E-state index is -4.50. The van der Waals surface area contributed by atoms with E-state index in [0.29, 0.717) is 27.7 Å². The van der Waals surface area contributed by atoms with Crippen molar-refractivity contribution >= 4 is 44.3 Å². The number of ether oxygens (including phenoxy) is 1. The molecular formula is C20H18N2O7S. The first-order valence-corrected chi connectivity index (χ1v) is 10.2. The molecule has 9 nitrogen and oxygen atoms in total. The highest BCUT2D eigenvalue weighted by Crippen LogP contribution is 2.30. The van der Waals surface area contributed by atoms with Crippen molar-refractivity contribution in [1.82, 2.24) is 0 Å². The Morgan fingerprint density at radius 3 is 2.23 bits per heavy atom. The van der Waals surface area contributed by atoms with Crippen LogP contribution in [0.2, 0.25) is 0 Å². The van der Waals surface area contributed by atoms with E-state index in [1.54, 1.807) is 19.1 Å². The lowest BCUT2D eigenvalue weighted by Gasteiger charge is -2.10. The van der Waals surface area contributed by atoms with Crippen molar-refractivity contribution in [3.63, 3.8) is 0 Å². The highest BCUT2D eigenvalue weighted by molar-refractivity contribution is 7.85. The molecule has 0 aliphatic carbocycles. The van der Waals surface area contributed by atoms with E-state index >= 15 is 0 Å². The number of phenols is 1. The zero-order chi connectivity index (χ0) is 21.9. The molecule has 0 saturated carbocycles. The predicted molar refractivity (Wildman–Crippen MR) is 110 cm³/mol. The van der Waals surface area contributed by atoms with Gasteiger partial charge in [-0.2, -0.15) is 8.42 Å². The number of rotatable bonds is 5. The van der Waals surface area contributed by atoms with Gasteiger partial charge >= 0.3 is 12.0 Å². The number of phenolic OH excluding ortho intramolecular Hbond substituents is 1. The summed E-state index contributed by atoms with van der Waals surface area (Å²) in [6.07, 6.45) is 0. The van der Waals surface area contributed by atoms with Crippen LogP contribution in [-0.2, 0) is 14.9 Å². The largest absolute Gasteiger partial charge is 0.507 e. The number of urea groups is 1. The lowest BCUT2D eigenvalue weighted by Crippen LogP contribution is -2.19. The molecule has 30 heavy (non-hydrogen) atoms. The number of amides is 2. The Balaban J connectivity index is 1.75.